The number of amides is 1. The van der Waals surface area contributed by atoms with Gasteiger partial charge in [-0.05, 0) is 19.8 Å². The first-order valence-electron chi connectivity index (χ1n) is 5.85. The van der Waals surface area contributed by atoms with Crippen molar-refractivity contribution in [1.82, 2.24) is 4.90 Å². The van der Waals surface area contributed by atoms with E-state index in [-0.39, 0.29) is 25.5 Å². The molecule has 0 aromatic rings. The molecule has 1 rings (SSSR count). The highest BCUT2D eigenvalue weighted by Crippen LogP contribution is 2.30. The summed E-state index contributed by atoms with van der Waals surface area (Å²) in [6.07, 6.45) is -3.61. The molecule has 1 aliphatic rings. The Balaban J connectivity index is 2.43. The molecule has 0 N–H and O–H groups in total. The topological polar surface area (TPSA) is 46.6 Å². The molecule has 4 nitrogen and oxygen atoms in total. The van der Waals surface area contributed by atoms with Crippen molar-refractivity contribution in [2.75, 3.05) is 13.2 Å². The van der Waals surface area contributed by atoms with Crippen molar-refractivity contribution >= 4 is 11.9 Å². The van der Waals surface area contributed by atoms with E-state index in [1.54, 1.807) is 6.92 Å². The maximum Gasteiger partial charge on any atom is 0.406 e. The van der Waals surface area contributed by atoms with Gasteiger partial charge in [-0.2, -0.15) is 13.2 Å². The van der Waals surface area contributed by atoms with Crippen molar-refractivity contribution in [2.24, 2.45) is 0 Å². The van der Waals surface area contributed by atoms with Gasteiger partial charge in [0.15, 0.2) is 0 Å². The predicted octanol–water partition coefficient (Wildman–Crippen LogP) is 1.88. The van der Waals surface area contributed by atoms with Crippen molar-refractivity contribution in [2.45, 2.75) is 44.8 Å². The smallest absolute Gasteiger partial charge is 0.406 e. The third-order valence-corrected chi connectivity index (χ3v) is 2.51. The summed E-state index contributed by atoms with van der Waals surface area (Å²) in [4.78, 5) is 23.5. The molecule has 0 aromatic carbocycles. The SMILES string of the molecule is CCOC(=O)CCC(=O)N(CC(F)(F)F)C1CC1. The number of alkyl halides is 3. The summed E-state index contributed by atoms with van der Waals surface area (Å²) < 4.78 is 41.5. The summed E-state index contributed by atoms with van der Waals surface area (Å²) in [5, 5.41) is 0. The molecule has 18 heavy (non-hydrogen) atoms. The second kappa shape index (κ2) is 6.06. The highest BCUT2D eigenvalue weighted by molar-refractivity contribution is 5.81. The Morgan fingerprint density at radius 2 is 1.89 bits per heavy atom. The molecule has 0 unspecified atom stereocenters. The number of carbonyl (C=O) groups excluding carboxylic acids is 2. The number of esters is 1. The number of hydrogen-bond donors (Lipinski definition) is 0. The predicted molar refractivity (Wildman–Crippen MR) is 56.7 cm³/mol. The monoisotopic (exact) mass is 267 g/mol. The van der Waals surface area contributed by atoms with E-state index in [9.17, 15) is 22.8 Å². The van der Waals surface area contributed by atoms with Gasteiger partial charge in [-0.3, -0.25) is 9.59 Å². The van der Waals surface area contributed by atoms with Crippen molar-refractivity contribution < 1.29 is 27.5 Å². The lowest BCUT2D eigenvalue weighted by molar-refractivity contribution is -0.163. The summed E-state index contributed by atoms with van der Waals surface area (Å²) in [6, 6.07) is -0.318. The molecule has 104 valence electrons. The van der Waals surface area contributed by atoms with Crippen molar-refractivity contribution in [3.05, 3.63) is 0 Å². The molecule has 0 bridgehead atoms. The van der Waals surface area contributed by atoms with E-state index in [2.05, 4.69) is 4.74 Å². The van der Waals surface area contributed by atoms with Crippen molar-refractivity contribution in [1.29, 1.82) is 0 Å². The van der Waals surface area contributed by atoms with E-state index in [1.165, 1.54) is 0 Å². The lowest BCUT2D eigenvalue weighted by atomic mass is 10.2. The Labute approximate surface area is 103 Å². The largest absolute Gasteiger partial charge is 0.466 e. The van der Waals surface area contributed by atoms with Gasteiger partial charge in [-0.15, -0.1) is 0 Å². The van der Waals surface area contributed by atoms with Crippen LogP contribution in [0.5, 0.6) is 0 Å². The second-order valence-electron chi connectivity index (χ2n) is 4.17. The van der Waals surface area contributed by atoms with Crippen molar-refractivity contribution in [3.8, 4) is 0 Å². The van der Waals surface area contributed by atoms with Crippen LogP contribution >= 0.6 is 0 Å². The quantitative estimate of drug-likeness (QED) is 0.690. The van der Waals surface area contributed by atoms with Gasteiger partial charge in [0.05, 0.1) is 13.0 Å². The number of rotatable bonds is 6. The average molecular weight is 267 g/mol. The lowest BCUT2D eigenvalue weighted by Gasteiger charge is -2.23. The van der Waals surface area contributed by atoms with Crippen LogP contribution in [-0.4, -0.2) is 42.1 Å². The minimum Gasteiger partial charge on any atom is -0.466 e. The molecule has 0 saturated heterocycles. The van der Waals surface area contributed by atoms with Gasteiger partial charge >= 0.3 is 12.1 Å². The molecule has 0 aromatic heterocycles. The zero-order chi connectivity index (χ0) is 13.8. The van der Waals surface area contributed by atoms with Gasteiger partial charge in [-0.1, -0.05) is 0 Å². The first kappa shape index (κ1) is 14.8. The Bertz CT molecular complexity index is 313. The fraction of sp³-hybridized carbons (Fsp3) is 0.818. The van der Waals surface area contributed by atoms with E-state index in [0.29, 0.717) is 12.8 Å². The van der Waals surface area contributed by atoms with Crippen LogP contribution in [0.15, 0.2) is 0 Å². The number of nitrogens with zero attached hydrogens (tertiary/aromatic N) is 1. The molecule has 0 heterocycles. The number of hydrogen-bond acceptors (Lipinski definition) is 3. The Hall–Kier alpha value is -1.27. The highest BCUT2D eigenvalue weighted by atomic mass is 19.4. The van der Waals surface area contributed by atoms with Gasteiger partial charge in [0.2, 0.25) is 5.91 Å². The number of ether oxygens (including phenoxy) is 1. The van der Waals surface area contributed by atoms with E-state index < -0.39 is 24.6 Å². The van der Waals surface area contributed by atoms with E-state index in [0.717, 1.165) is 4.90 Å². The molecule has 0 aliphatic heterocycles. The molecule has 1 aliphatic carbocycles. The first-order chi connectivity index (χ1) is 8.33. The summed E-state index contributed by atoms with van der Waals surface area (Å²) >= 11 is 0. The third kappa shape index (κ3) is 5.37. The number of carbonyl (C=O) groups is 2. The molecule has 0 radical (unpaired) electrons. The normalized spacial score (nSPS) is 15.3. The maximum absolute atomic E-state index is 12.3. The summed E-state index contributed by atoms with van der Waals surface area (Å²) in [7, 11) is 0. The summed E-state index contributed by atoms with van der Waals surface area (Å²) in [5.74, 6) is -1.20. The molecule has 1 amide bonds. The van der Waals surface area contributed by atoms with Crippen LogP contribution in [0.1, 0.15) is 32.6 Å². The standard InChI is InChI=1S/C11H16F3NO3/c1-2-18-10(17)6-5-9(16)15(8-3-4-8)7-11(12,13)14/h8H,2-7H2,1H3. The van der Waals surface area contributed by atoms with Gasteiger partial charge < -0.3 is 9.64 Å². The minimum atomic E-state index is -4.40. The van der Waals surface area contributed by atoms with Crippen LogP contribution in [0.2, 0.25) is 0 Å². The van der Waals surface area contributed by atoms with E-state index in [4.69, 9.17) is 0 Å². The van der Waals surface area contributed by atoms with Crippen LogP contribution in [0, 0.1) is 0 Å². The van der Waals surface area contributed by atoms with Crippen molar-refractivity contribution in [3.63, 3.8) is 0 Å². The second-order valence-corrected chi connectivity index (χ2v) is 4.17. The average Bonchev–Trinajstić information content (AvgIpc) is 3.05. The lowest BCUT2D eigenvalue weighted by Crippen LogP contribution is -2.40. The van der Waals surface area contributed by atoms with Gasteiger partial charge in [0, 0.05) is 12.5 Å². The molecule has 1 saturated carbocycles. The van der Waals surface area contributed by atoms with Gasteiger partial charge in [0.25, 0.3) is 0 Å². The molecule has 0 atom stereocenters. The first-order valence-corrected chi connectivity index (χ1v) is 5.85. The maximum atomic E-state index is 12.3. The Kier molecular flexibility index (Phi) is 4.98. The summed E-state index contributed by atoms with van der Waals surface area (Å²) in [6.45, 7) is 0.584. The van der Waals surface area contributed by atoms with E-state index in [1.807, 2.05) is 0 Å². The number of halogens is 3. The third-order valence-electron chi connectivity index (χ3n) is 2.51. The Morgan fingerprint density at radius 3 is 2.33 bits per heavy atom. The summed E-state index contributed by atoms with van der Waals surface area (Å²) in [5.41, 5.74) is 0. The molecular formula is C11H16F3NO3. The molecule has 0 spiro atoms. The van der Waals surface area contributed by atoms with Crippen LogP contribution < -0.4 is 0 Å². The van der Waals surface area contributed by atoms with Crippen LogP contribution in [0.25, 0.3) is 0 Å². The fourth-order valence-electron chi connectivity index (χ4n) is 1.59. The van der Waals surface area contributed by atoms with E-state index >= 15 is 0 Å². The molecule has 7 heteroatoms. The minimum absolute atomic E-state index is 0.173. The highest BCUT2D eigenvalue weighted by Gasteiger charge is 2.40. The van der Waals surface area contributed by atoms with Crippen LogP contribution in [0.4, 0.5) is 13.2 Å². The zero-order valence-corrected chi connectivity index (χ0v) is 10.1. The van der Waals surface area contributed by atoms with Gasteiger partial charge in [-0.25, -0.2) is 0 Å². The van der Waals surface area contributed by atoms with Gasteiger partial charge in [0.1, 0.15) is 6.54 Å². The molecular weight excluding hydrogens is 251 g/mol. The fourth-order valence-corrected chi connectivity index (χ4v) is 1.59. The zero-order valence-electron chi connectivity index (χ0n) is 10.1. The Morgan fingerprint density at radius 1 is 1.28 bits per heavy atom. The van der Waals surface area contributed by atoms with Crippen LogP contribution in [-0.2, 0) is 14.3 Å². The van der Waals surface area contributed by atoms with Crippen LogP contribution in [0.3, 0.4) is 0 Å². The molecule has 1 fully saturated rings.